The minimum Gasteiger partial charge on any atom is -0.396 e. The SMILES string of the molecule is Cc1ccc(S(=O)(=O)N[C@H](Cc2ccccc2)C(=O)NCc2ccc(C3O[C@H](CSCCO)[C@@H](c4ccccc4)[C@H](c4ccc(CO)cc4)O3)cc2)cc1. The molecule has 1 saturated heterocycles. The molecule has 0 radical (unpaired) electrons. The van der Waals surface area contributed by atoms with Crippen molar-refractivity contribution in [2.24, 2.45) is 0 Å². The summed E-state index contributed by atoms with van der Waals surface area (Å²) in [6.45, 7) is 2.08. The first-order valence-corrected chi connectivity index (χ1v) is 20.6. The van der Waals surface area contributed by atoms with Crippen LogP contribution in [0.15, 0.2) is 138 Å². The molecule has 1 aliphatic heterocycles. The van der Waals surface area contributed by atoms with Crippen LogP contribution in [0, 0.1) is 6.92 Å². The maximum Gasteiger partial charge on any atom is 0.241 e. The second kappa shape index (κ2) is 18.8. The van der Waals surface area contributed by atoms with E-state index in [0.29, 0.717) is 11.5 Å². The molecular weight excluding hydrogens is 721 g/mol. The molecule has 0 bridgehead atoms. The summed E-state index contributed by atoms with van der Waals surface area (Å²) >= 11 is 1.63. The Balaban J connectivity index is 1.19. The van der Waals surface area contributed by atoms with Crippen LogP contribution in [0.5, 0.6) is 0 Å². The number of carbonyl (C=O) groups is 1. The van der Waals surface area contributed by atoms with Gasteiger partial charge < -0.3 is 25.0 Å². The Labute approximate surface area is 321 Å². The third-order valence-corrected chi connectivity index (χ3v) is 12.0. The maximum absolute atomic E-state index is 13.6. The van der Waals surface area contributed by atoms with Crippen LogP contribution in [-0.4, -0.2) is 54.8 Å². The maximum atomic E-state index is 13.6. The average Bonchev–Trinajstić information content (AvgIpc) is 3.20. The van der Waals surface area contributed by atoms with Crippen molar-refractivity contribution < 1.29 is 32.9 Å². The summed E-state index contributed by atoms with van der Waals surface area (Å²) in [6, 6.07) is 40.3. The van der Waals surface area contributed by atoms with Crippen molar-refractivity contribution in [1.29, 1.82) is 0 Å². The second-order valence-electron chi connectivity index (χ2n) is 13.3. The van der Waals surface area contributed by atoms with Gasteiger partial charge in [0, 0.05) is 29.5 Å². The van der Waals surface area contributed by atoms with Crippen molar-refractivity contribution in [2.45, 2.75) is 61.8 Å². The number of hydrogen-bond donors (Lipinski definition) is 4. The lowest BCUT2D eigenvalue weighted by molar-refractivity contribution is -0.255. The van der Waals surface area contributed by atoms with Gasteiger partial charge in [-0.05, 0) is 53.3 Å². The number of benzene rings is 5. The molecule has 1 heterocycles. The quantitative estimate of drug-likeness (QED) is 0.0854. The van der Waals surface area contributed by atoms with Crippen molar-refractivity contribution in [2.75, 3.05) is 18.1 Å². The molecule has 0 saturated carbocycles. The first kappa shape index (κ1) is 39.4. The van der Waals surface area contributed by atoms with E-state index in [0.717, 1.165) is 38.9 Å². The Bertz CT molecular complexity index is 2030. The standard InChI is InChI=1S/C43H46N2O7S2/c1-30-12-22-37(23-13-30)54(49,50)45-38(26-31-8-4-2-5-9-31)42(48)44-27-32-14-20-36(21-15-32)43-51-39(29-53-25-24-46)40(34-10-6-3-7-11-34)41(52-43)35-18-16-33(28-47)17-19-35/h2-23,38-41,43,45-47H,24-29H2,1H3,(H,44,48)/t38-,39-,40-,41+,43?/m1/s1. The van der Waals surface area contributed by atoms with E-state index in [9.17, 15) is 23.4 Å². The van der Waals surface area contributed by atoms with Gasteiger partial charge in [-0.15, -0.1) is 0 Å². The number of aliphatic hydroxyl groups is 2. The third kappa shape index (κ3) is 10.2. The zero-order valence-electron chi connectivity index (χ0n) is 30.1. The van der Waals surface area contributed by atoms with Crippen LogP contribution >= 0.6 is 11.8 Å². The molecule has 0 aliphatic carbocycles. The van der Waals surface area contributed by atoms with Crippen LogP contribution in [0.1, 0.15) is 57.3 Å². The molecule has 1 unspecified atom stereocenters. The number of nitrogens with one attached hydrogen (secondary N) is 2. The normalized spacial score (nSPS) is 19.2. The summed E-state index contributed by atoms with van der Waals surface area (Å²) < 4.78 is 42.7. The minimum absolute atomic E-state index is 0.0520. The summed E-state index contributed by atoms with van der Waals surface area (Å²) in [5, 5.41) is 22.1. The number of aliphatic hydroxyl groups excluding tert-OH is 2. The third-order valence-electron chi connectivity index (χ3n) is 9.43. The van der Waals surface area contributed by atoms with Gasteiger partial charge in [-0.2, -0.15) is 16.5 Å². The van der Waals surface area contributed by atoms with Crippen molar-refractivity contribution in [3.63, 3.8) is 0 Å². The molecule has 11 heteroatoms. The predicted molar refractivity (Wildman–Crippen MR) is 211 cm³/mol. The van der Waals surface area contributed by atoms with E-state index in [1.54, 1.807) is 23.9 Å². The molecule has 9 nitrogen and oxygen atoms in total. The molecule has 0 spiro atoms. The highest BCUT2D eigenvalue weighted by molar-refractivity contribution is 7.99. The molecule has 0 aromatic heterocycles. The van der Waals surface area contributed by atoms with E-state index in [2.05, 4.69) is 22.2 Å². The van der Waals surface area contributed by atoms with Gasteiger partial charge in [0.05, 0.1) is 30.3 Å². The summed E-state index contributed by atoms with van der Waals surface area (Å²) in [5.41, 5.74) is 6.24. The highest BCUT2D eigenvalue weighted by Crippen LogP contribution is 2.47. The van der Waals surface area contributed by atoms with Gasteiger partial charge in [0.2, 0.25) is 15.9 Å². The van der Waals surface area contributed by atoms with Crippen molar-refractivity contribution in [3.8, 4) is 0 Å². The van der Waals surface area contributed by atoms with E-state index in [4.69, 9.17) is 9.47 Å². The number of ether oxygens (including phenoxy) is 2. The lowest BCUT2D eigenvalue weighted by atomic mass is 9.84. The van der Waals surface area contributed by atoms with Gasteiger partial charge in [-0.1, -0.05) is 127 Å². The molecule has 1 aliphatic rings. The number of carbonyl (C=O) groups excluding carboxylic acids is 1. The molecule has 282 valence electrons. The topological polar surface area (TPSA) is 134 Å². The monoisotopic (exact) mass is 766 g/mol. The van der Waals surface area contributed by atoms with E-state index < -0.39 is 28.3 Å². The van der Waals surface area contributed by atoms with Gasteiger partial charge in [0.15, 0.2) is 6.29 Å². The first-order valence-electron chi connectivity index (χ1n) is 18.0. The fourth-order valence-electron chi connectivity index (χ4n) is 6.53. The first-order chi connectivity index (χ1) is 26.2. The lowest BCUT2D eigenvalue weighted by Crippen LogP contribution is -2.47. The van der Waals surface area contributed by atoms with Gasteiger partial charge in [0.1, 0.15) is 6.04 Å². The second-order valence-corrected chi connectivity index (χ2v) is 16.2. The molecule has 1 fully saturated rings. The van der Waals surface area contributed by atoms with Crippen molar-refractivity contribution in [1.82, 2.24) is 10.0 Å². The van der Waals surface area contributed by atoms with Gasteiger partial charge in [0.25, 0.3) is 0 Å². The van der Waals surface area contributed by atoms with Gasteiger partial charge in [-0.3, -0.25) is 4.79 Å². The van der Waals surface area contributed by atoms with Crippen LogP contribution in [0.25, 0.3) is 0 Å². The lowest BCUT2D eigenvalue weighted by Gasteiger charge is -2.43. The summed E-state index contributed by atoms with van der Waals surface area (Å²) in [4.78, 5) is 13.7. The number of amides is 1. The summed E-state index contributed by atoms with van der Waals surface area (Å²) in [5.74, 6) is 0.661. The van der Waals surface area contributed by atoms with Crippen LogP contribution in [0.4, 0.5) is 0 Å². The Morgan fingerprint density at radius 2 is 1.37 bits per heavy atom. The Kier molecular flexibility index (Phi) is 13.7. The molecule has 1 amide bonds. The fourth-order valence-corrected chi connectivity index (χ4v) is 8.54. The molecule has 4 N–H and O–H groups in total. The van der Waals surface area contributed by atoms with E-state index >= 15 is 0 Å². The molecule has 5 aromatic rings. The number of aryl methyl sites for hydroxylation is 1. The Hall–Kier alpha value is -4.33. The Morgan fingerprint density at radius 3 is 2.02 bits per heavy atom. The summed E-state index contributed by atoms with van der Waals surface area (Å²) in [7, 11) is -3.97. The van der Waals surface area contributed by atoms with Crippen LogP contribution in [0.3, 0.4) is 0 Å². The Morgan fingerprint density at radius 1 is 0.741 bits per heavy atom. The fraction of sp³-hybridized carbons (Fsp3) is 0.279. The molecular formula is C43H46N2O7S2. The largest absolute Gasteiger partial charge is 0.396 e. The highest BCUT2D eigenvalue weighted by atomic mass is 32.2. The predicted octanol–water partition coefficient (Wildman–Crippen LogP) is 6.36. The summed E-state index contributed by atoms with van der Waals surface area (Å²) in [6.07, 6.45) is -1.11. The van der Waals surface area contributed by atoms with Gasteiger partial charge >= 0.3 is 0 Å². The van der Waals surface area contributed by atoms with E-state index in [1.165, 1.54) is 12.1 Å². The van der Waals surface area contributed by atoms with Crippen molar-refractivity contribution in [3.05, 3.63) is 172 Å². The van der Waals surface area contributed by atoms with E-state index in [1.807, 2.05) is 104 Å². The zero-order valence-corrected chi connectivity index (χ0v) is 31.7. The molecule has 5 aromatic carbocycles. The van der Waals surface area contributed by atoms with Crippen molar-refractivity contribution >= 4 is 27.7 Å². The highest BCUT2D eigenvalue weighted by Gasteiger charge is 2.41. The molecule has 6 rings (SSSR count). The number of hydrogen-bond acceptors (Lipinski definition) is 8. The number of sulfonamides is 1. The van der Waals surface area contributed by atoms with Crippen LogP contribution < -0.4 is 10.0 Å². The zero-order chi connectivity index (χ0) is 37.9. The molecule has 5 atom stereocenters. The van der Waals surface area contributed by atoms with Crippen LogP contribution in [-0.2, 0) is 43.9 Å². The number of rotatable bonds is 16. The minimum atomic E-state index is -3.97. The van der Waals surface area contributed by atoms with Gasteiger partial charge in [-0.25, -0.2) is 8.42 Å². The van der Waals surface area contributed by atoms with E-state index in [-0.39, 0.29) is 49.2 Å². The average molecular weight is 767 g/mol. The smallest absolute Gasteiger partial charge is 0.241 e. The number of thioether (sulfide) groups is 1. The molecule has 54 heavy (non-hydrogen) atoms. The van der Waals surface area contributed by atoms with Crippen LogP contribution in [0.2, 0.25) is 0 Å².